The zero-order chi connectivity index (χ0) is 17.1. The van der Waals surface area contributed by atoms with Crippen LogP contribution in [0.15, 0.2) is 48.8 Å². The molecule has 0 aliphatic rings. The third-order valence-corrected chi connectivity index (χ3v) is 3.31. The van der Waals surface area contributed by atoms with E-state index in [1.807, 2.05) is 0 Å². The molecule has 0 saturated heterocycles. The Kier molecular flexibility index (Phi) is 3.89. The van der Waals surface area contributed by atoms with E-state index in [2.05, 4.69) is 20.8 Å². The minimum atomic E-state index is -0.583. The Bertz CT molecular complexity index is 932. The van der Waals surface area contributed by atoms with Crippen molar-refractivity contribution in [2.75, 3.05) is 0 Å². The van der Waals surface area contributed by atoms with Gasteiger partial charge in [0.05, 0.1) is 22.3 Å². The van der Waals surface area contributed by atoms with E-state index >= 15 is 0 Å². The normalized spacial score (nSPS) is 10.3. The highest BCUT2D eigenvalue weighted by atomic mass is 16.6. The van der Waals surface area contributed by atoms with Crippen LogP contribution >= 0.6 is 0 Å². The maximum atomic E-state index is 12.0. The molecule has 2 aromatic carbocycles. The molecule has 24 heavy (non-hydrogen) atoms. The number of nitrogens with one attached hydrogen (secondary N) is 3. The van der Waals surface area contributed by atoms with E-state index in [0.29, 0.717) is 11.1 Å². The lowest BCUT2D eigenvalue weighted by Gasteiger charge is -2.07. The van der Waals surface area contributed by atoms with Crippen molar-refractivity contribution in [2.24, 2.45) is 0 Å². The fraction of sp³-hybridized carbons (Fsp3) is 0. The number of nitro groups is 1. The Hall–Kier alpha value is -3.75. The van der Waals surface area contributed by atoms with E-state index in [1.165, 1.54) is 30.6 Å². The summed E-state index contributed by atoms with van der Waals surface area (Å²) in [5.41, 5.74) is 6.37. The Labute approximate surface area is 134 Å². The highest BCUT2D eigenvalue weighted by Gasteiger charge is 2.12. The molecule has 0 atom stereocenters. The van der Waals surface area contributed by atoms with Gasteiger partial charge < -0.3 is 4.98 Å². The summed E-state index contributed by atoms with van der Waals surface area (Å²) in [5.74, 6) is -1.08. The van der Waals surface area contributed by atoms with Crippen molar-refractivity contribution in [1.82, 2.24) is 20.8 Å². The number of H-pyrrole nitrogens is 1. The van der Waals surface area contributed by atoms with Crippen molar-refractivity contribution in [3.63, 3.8) is 0 Å². The monoisotopic (exact) mass is 325 g/mol. The van der Waals surface area contributed by atoms with Gasteiger partial charge in [-0.1, -0.05) is 0 Å². The fourth-order valence-electron chi connectivity index (χ4n) is 2.07. The van der Waals surface area contributed by atoms with Crippen LogP contribution in [-0.4, -0.2) is 26.7 Å². The van der Waals surface area contributed by atoms with Gasteiger partial charge in [-0.3, -0.25) is 30.6 Å². The molecule has 1 aromatic heterocycles. The van der Waals surface area contributed by atoms with E-state index in [0.717, 1.165) is 5.52 Å². The number of imidazole rings is 1. The first-order chi connectivity index (χ1) is 11.5. The first-order valence-corrected chi connectivity index (χ1v) is 6.83. The van der Waals surface area contributed by atoms with Crippen LogP contribution in [0.2, 0.25) is 0 Å². The summed E-state index contributed by atoms with van der Waals surface area (Å²) in [4.78, 5) is 40.9. The Morgan fingerprint density at radius 1 is 1.00 bits per heavy atom. The molecule has 0 fully saturated rings. The van der Waals surface area contributed by atoms with Crippen LogP contribution in [0.1, 0.15) is 20.7 Å². The lowest BCUT2D eigenvalue weighted by Crippen LogP contribution is -2.41. The molecule has 9 heteroatoms. The average Bonchev–Trinajstić information content (AvgIpc) is 3.07. The lowest BCUT2D eigenvalue weighted by atomic mass is 10.2. The van der Waals surface area contributed by atoms with E-state index in [4.69, 9.17) is 0 Å². The Morgan fingerprint density at radius 3 is 2.29 bits per heavy atom. The third kappa shape index (κ3) is 3.04. The Balaban J connectivity index is 1.64. The van der Waals surface area contributed by atoms with Gasteiger partial charge in [-0.2, -0.15) is 0 Å². The molecular weight excluding hydrogens is 314 g/mol. The lowest BCUT2D eigenvalue weighted by molar-refractivity contribution is -0.384. The van der Waals surface area contributed by atoms with Crippen molar-refractivity contribution in [3.05, 3.63) is 70.0 Å². The van der Waals surface area contributed by atoms with Gasteiger partial charge in [-0.05, 0) is 30.3 Å². The molecule has 0 aliphatic heterocycles. The molecule has 1 heterocycles. The van der Waals surface area contributed by atoms with Crippen molar-refractivity contribution < 1.29 is 14.5 Å². The van der Waals surface area contributed by atoms with Crippen molar-refractivity contribution in [3.8, 4) is 0 Å². The number of carbonyl (C=O) groups is 2. The second kappa shape index (κ2) is 6.16. The number of aromatic nitrogens is 2. The number of hydrogen-bond donors (Lipinski definition) is 3. The molecular formula is C15H11N5O4. The number of nitrogens with zero attached hydrogens (tertiary/aromatic N) is 2. The zero-order valence-corrected chi connectivity index (χ0v) is 12.1. The minimum Gasteiger partial charge on any atom is -0.345 e. The van der Waals surface area contributed by atoms with Crippen LogP contribution in [-0.2, 0) is 0 Å². The zero-order valence-electron chi connectivity index (χ0n) is 12.1. The minimum absolute atomic E-state index is 0.122. The van der Waals surface area contributed by atoms with E-state index in [-0.39, 0.29) is 11.3 Å². The van der Waals surface area contributed by atoms with Gasteiger partial charge in [0.25, 0.3) is 17.5 Å². The van der Waals surface area contributed by atoms with E-state index in [9.17, 15) is 19.7 Å². The maximum Gasteiger partial charge on any atom is 0.269 e. The standard InChI is InChI=1S/C15H11N5O4/c21-14(9-1-4-11(5-2-9)20(23)24)18-19-15(22)10-3-6-12-13(7-10)17-8-16-12/h1-8H,(H,16,17)(H,18,21)(H,19,22). The number of benzene rings is 2. The van der Waals surface area contributed by atoms with Gasteiger partial charge in [0.15, 0.2) is 0 Å². The number of non-ortho nitro benzene ring substituents is 1. The van der Waals surface area contributed by atoms with Crippen LogP contribution in [0.5, 0.6) is 0 Å². The summed E-state index contributed by atoms with van der Waals surface area (Å²) in [5, 5.41) is 10.6. The van der Waals surface area contributed by atoms with Crippen molar-refractivity contribution in [1.29, 1.82) is 0 Å². The SMILES string of the molecule is O=C(NNC(=O)c1ccc2nc[nH]c2c1)c1ccc([N+](=O)[O-])cc1. The summed E-state index contributed by atoms with van der Waals surface area (Å²) in [7, 11) is 0. The number of rotatable bonds is 3. The second-order valence-electron chi connectivity index (χ2n) is 4.85. The van der Waals surface area contributed by atoms with Gasteiger partial charge in [0.1, 0.15) is 0 Å². The maximum absolute atomic E-state index is 12.0. The highest BCUT2D eigenvalue weighted by Crippen LogP contribution is 2.12. The molecule has 3 N–H and O–H groups in total. The molecule has 3 aromatic rings. The number of amides is 2. The summed E-state index contributed by atoms with van der Waals surface area (Å²) in [6.45, 7) is 0. The van der Waals surface area contributed by atoms with Crippen molar-refractivity contribution >= 4 is 28.5 Å². The van der Waals surface area contributed by atoms with E-state index in [1.54, 1.807) is 18.2 Å². The van der Waals surface area contributed by atoms with Crippen LogP contribution in [0.4, 0.5) is 5.69 Å². The number of hydrogen-bond acceptors (Lipinski definition) is 5. The number of nitro benzene ring substituents is 1. The molecule has 0 radical (unpaired) electrons. The largest absolute Gasteiger partial charge is 0.345 e. The topological polar surface area (TPSA) is 130 Å². The van der Waals surface area contributed by atoms with Crippen LogP contribution in [0, 0.1) is 10.1 Å². The van der Waals surface area contributed by atoms with Crippen LogP contribution in [0.25, 0.3) is 11.0 Å². The van der Waals surface area contributed by atoms with Gasteiger partial charge in [-0.25, -0.2) is 4.98 Å². The van der Waals surface area contributed by atoms with Crippen LogP contribution < -0.4 is 10.9 Å². The molecule has 120 valence electrons. The average molecular weight is 325 g/mol. The summed E-state index contributed by atoms with van der Waals surface area (Å²) in [6.07, 6.45) is 1.52. The number of hydrazine groups is 1. The van der Waals surface area contributed by atoms with Gasteiger partial charge in [0.2, 0.25) is 0 Å². The molecule has 9 nitrogen and oxygen atoms in total. The molecule has 3 rings (SSSR count). The first kappa shape index (κ1) is 15.2. The predicted molar refractivity (Wildman–Crippen MR) is 84.1 cm³/mol. The molecule has 0 aliphatic carbocycles. The van der Waals surface area contributed by atoms with Gasteiger partial charge >= 0.3 is 0 Å². The van der Waals surface area contributed by atoms with Crippen molar-refractivity contribution in [2.45, 2.75) is 0 Å². The molecule has 0 unspecified atom stereocenters. The smallest absolute Gasteiger partial charge is 0.269 e. The number of fused-ring (bicyclic) bond motifs is 1. The summed E-state index contributed by atoms with van der Waals surface area (Å²) < 4.78 is 0. The summed E-state index contributed by atoms with van der Waals surface area (Å²) >= 11 is 0. The molecule has 0 spiro atoms. The quantitative estimate of drug-likeness (QED) is 0.497. The fourth-order valence-corrected chi connectivity index (χ4v) is 2.07. The predicted octanol–water partition coefficient (Wildman–Crippen LogP) is 1.55. The van der Waals surface area contributed by atoms with Gasteiger partial charge in [-0.15, -0.1) is 0 Å². The molecule has 2 amide bonds. The van der Waals surface area contributed by atoms with Crippen LogP contribution in [0.3, 0.4) is 0 Å². The second-order valence-corrected chi connectivity index (χ2v) is 4.85. The molecule has 0 bridgehead atoms. The van der Waals surface area contributed by atoms with Gasteiger partial charge in [0, 0.05) is 23.3 Å². The summed E-state index contributed by atoms with van der Waals surface area (Å²) in [6, 6.07) is 9.89. The first-order valence-electron chi connectivity index (χ1n) is 6.83. The third-order valence-electron chi connectivity index (χ3n) is 3.31. The van der Waals surface area contributed by atoms with E-state index < -0.39 is 16.7 Å². The number of aromatic amines is 1. The highest BCUT2D eigenvalue weighted by molar-refractivity contribution is 6.00. The molecule has 0 saturated carbocycles. The number of carbonyl (C=O) groups excluding carboxylic acids is 2. The Morgan fingerprint density at radius 2 is 1.62 bits per heavy atom.